The predicted molar refractivity (Wildman–Crippen MR) is 150 cm³/mol. The standard InChI is InChI=1S/C30H34N6O/c1-21-26(4-3-13-32-21)28-20-36(25-11-14-31-15-12-25)30-27(28)9-10-29(33-30)35-18-16-34(17-19-35)24-7-5-23(6-8-24)22(2)37/h3-10,13,20,25,31H,11-12,14-19H2,1-2H3. The van der Waals surface area contributed by atoms with Gasteiger partial charge in [0.2, 0.25) is 0 Å². The maximum atomic E-state index is 11.6. The third kappa shape index (κ3) is 4.60. The zero-order chi connectivity index (χ0) is 25.4. The number of nitrogens with zero attached hydrogens (tertiary/aromatic N) is 5. The van der Waals surface area contributed by atoms with Gasteiger partial charge in [-0.1, -0.05) is 6.07 Å². The summed E-state index contributed by atoms with van der Waals surface area (Å²) >= 11 is 0. The van der Waals surface area contributed by atoms with E-state index in [-0.39, 0.29) is 5.78 Å². The van der Waals surface area contributed by atoms with Gasteiger partial charge in [-0.2, -0.15) is 0 Å². The van der Waals surface area contributed by atoms with Crippen molar-refractivity contribution in [1.82, 2.24) is 19.9 Å². The lowest BCUT2D eigenvalue weighted by molar-refractivity contribution is 0.101. The Morgan fingerprint density at radius 1 is 0.919 bits per heavy atom. The van der Waals surface area contributed by atoms with Gasteiger partial charge < -0.3 is 19.7 Å². The van der Waals surface area contributed by atoms with Crippen molar-refractivity contribution in [2.75, 3.05) is 49.1 Å². The first-order valence-corrected chi connectivity index (χ1v) is 13.3. The number of piperidine rings is 1. The Balaban J connectivity index is 1.29. The van der Waals surface area contributed by atoms with Crippen molar-refractivity contribution in [3.8, 4) is 11.1 Å². The number of Topliss-reactive ketones (excluding diaryl/α,β-unsaturated/α-hetero) is 1. The maximum Gasteiger partial charge on any atom is 0.159 e. The number of benzene rings is 1. The van der Waals surface area contributed by atoms with Crippen LogP contribution in [0.3, 0.4) is 0 Å². The molecule has 4 aromatic rings. The molecule has 2 aliphatic heterocycles. The van der Waals surface area contributed by atoms with E-state index in [1.54, 1.807) is 6.92 Å². The molecule has 0 saturated carbocycles. The van der Waals surface area contributed by atoms with Gasteiger partial charge in [0.1, 0.15) is 11.5 Å². The molecule has 0 spiro atoms. The molecule has 0 radical (unpaired) electrons. The van der Waals surface area contributed by atoms with Crippen molar-refractivity contribution in [2.45, 2.75) is 32.7 Å². The predicted octanol–water partition coefficient (Wildman–Crippen LogP) is 4.86. The van der Waals surface area contributed by atoms with Crippen LogP contribution in [0.5, 0.6) is 0 Å². The molecule has 2 fully saturated rings. The number of piperazine rings is 1. The summed E-state index contributed by atoms with van der Waals surface area (Å²) in [4.78, 5) is 26.2. The van der Waals surface area contributed by atoms with Crippen LogP contribution in [0.4, 0.5) is 11.5 Å². The highest BCUT2D eigenvalue weighted by molar-refractivity contribution is 5.96. The molecule has 1 N–H and O–H groups in total. The SMILES string of the molecule is CC(=O)c1ccc(N2CCN(c3ccc4c(-c5cccnc5C)cn(C5CCNCC5)c4n3)CC2)cc1. The fraction of sp³-hybridized carbons (Fsp3) is 0.367. The zero-order valence-corrected chi connectivity index (χ0v) is 21.7. The Labute approximate surface area is 218 Å². The number of hydrogen-bond donors (Lipinski definition) is 1. The summed E-state index contributed by atoms with van der Waals surface area (Å²) in [5, 5.41) is 4.69. The molecule has 7 nitrogen and oxygen atoms in total. The normalized spacial score (nSPS) is 16.9. The number of pyridine rings is 2. The second-order valence-corrected chi connectivity index (χ2v) is 10.2. The Morgan fingerprint density at radius 3 is 2.35 bits per heavy atom. The molecule has 7 heteroatoms. The molecule has 0 bridgehead atoms. The summed E-state index contributed by atoms with van der Waals surface area (Å²) in [6.45, 7) is 9.45. The third-order valence-corrected chi connectivity index (χ3v) is 7.91. The number of anilines is 2. The molecular formula is C30H34N6O. The van der Waals surface area contributed by atoms with Crippen molar-refractivity contribution in [3.63, 3.8) is 0 Å². The largest absolute Gasteiger partial charge is 0.368 e. The first kappa shape index (κ1) is 23.7. The van der Waals surface area contributed by atoms with Gasteiger partial charge in [-0.15, -0.1) is 0 Å². The summed E-state index contributed by atoms with van der Waals surface area (Å²) in [5.41, 5.74) is 6.45. The molecule has 37 heavy (non-hydrogen) atoms. The van der Waals surface area contributed by atoms with Crippen molar-refractivity contribution in [3.05, 3.63) is 72.2 Å². The summed E-state index contributed by atoms with van der Waals surface area (Å²) in [7, 11) is 0. The van der Waals surface area contributed by atoms with Crippen LogP contribution in [0.1, 0.15) is 41.9 Å². The van der Waals surface area contributed by atoms with Crippen molar-refractivity contribution in [1.29, 1.82) is 0 Å². The van der Waals surface area contributed by atoms with Gasteiger partial charge in [-0.05, 0) is 82.2 Å². The van der Waals surface area contributed by atoms with Gasteiger partial charge in [-0.25, -0.2) is 4.98 Å². The van der Waals surface area contributed by atoms with E-state index in [4.69, 9.17) is 4.98 Å². The van der Waals surface area contributed by atoms with Crippen LogP contribution in [0, 0.1) is 6.92 Å². The number of nitrogens with one attached hydrogen (secondary N) is 1. The molecule has 0 atom stereocenters. The molecule has 2 aliphatic rings. The molecule has 3 aromatic heterocycles. The fourth-order valence-corrected chi connectivity index (χ4v) is 5.74. The topological polar surface area (TPSA) is 66.3 Å². The van der Waals surface area contributed by atoms with Crippen LogP contribution < -0.4 is 15.1 Å². The van der Waals surface area contributed by atoms with Gasteiger partial charge in [-0.3, -0.25) is 9.78 Å². The summed E-state index contributed by atoms with van der Waals surface area (Å²) in [6, 6.07) is 17.0. The van der Waals surface area contributed by atoms with E-state index in [1.165, 1.54) is 22.2 Å². The van der Waals surface area contributed by atoms with E-state index >= 15 is 0 Å². The number of aromatic nitrogens is 3. The van der Waals surface area contributed by atoms with Gasteiger partial charge in [0.25, 0.3) is 0 Å². The maximum absolute atomic E-state index is 11.6. The average molecular weight is 495 g/mol. The van der Waals surface area contributed by atoms with Gasteiger partial charge >= 0.3 is 0 Å². The van der Waals surface area contributed by atoms with E-state index in [0.29, 0.717) is 6.04 Å². The minimum atomic E-state index is 0.105. The molecule has 0 unspecified atom stereocenters. The first-order chi connectivity index (χ1) is 18.1. The van der Waals surface area contributed by atoms with Gasteiger partial charge in [0.05, 0.1) is 0 Å². The van der Waals surface area contributed by atoms with Gasteiger partial charge in [0, 0.05) is 78.1 Å². The van der Waals surface area contributed by atoms with Crippen molar-refractivity contribution >= 4 is 28.3 Å². The summed E-state index contributed by atoms with van der Waals surface area (Å²) < 4.78 is 2.42. The number of hydrogen-bond acceptors (Lipinski definition) is 6. The van der Waals surface area contributed by atoms with Crippen LogP contribution >= 0.6 is 0 Å². The monoisotopic (exact) mass is 494 g/mol. The molecule has 0 amide bonds. The lowest BCUT2D eigenvalue weighted by Crippen LogP contribution is -2.46. The van der Waals surface area contributed by atoms with Crippen LogP contribution in [0.2, 0.25) is 0 Å². The molecule has 1 aromatic carbocycles. The highest BCUT2D eigenvalue weighted by Crippen LogP contribution is 2.36. The summed E-state index contributed by atoms with van der Waals surface area (Å²) in [5.74, 6) is 1.15. The number of fused-ring (bicyclic) bond motifs is 1. The Hall–Kier alpha value is -3.71. The number of ketones is 1. The number of carbonyl (C=O) groups is 1. The average Bonchev–Trinajstić information content (AvgIpc) is 3.32. The van der Waals surface area contributed by atoms with E-state index in [0.717, 1.165) is 74.8 Å². The fourth-order valence-electron chi connectivity index (χ4n) is 5.74. The second kappa shape index (κ2) is 9.98. The van der Waals surface area contributed by atoms with Crippen LogP contribution in [0.15, 0.2) is 60.9 Å². The first-order valence-electron chi connectivity index (χ1n) is 13.3. The Kier molecular flexibility index (Phi) is 6.38. The second-order valence-electron chi connectivity index (χ2n) is 10.2. The number of rotatable bonds is 5. The number of carbonyl (C=O) groups excluding carboxylic acids is 1. The lowest BCUT2D eigenvalue weighted by Gasteiger charge is -2.37. The quantitative estimate of drug-likeness (QED) is 0.400. The minimum Gasteiger partial charge on any atom is -0.368 e. The molecule has 2 saturated heterocycles. The van der Waals surface area contributed by atoms with Crippen LogP contribution in [-0.2, 0) is 0 Å². The molecule has 6 rings (SSSR count). The Morgan fingerprint density at radius 2 is 1.65 bits per heavy atom. The van der Waals surface area contributed by atoms with Crippen molar-refractivity contribution in [2.24, 2.45) is 0 Å². The molecule has 0 aliphatic carbocycles. The number of aryl methyl sites for hydroxylation is 1. The molecule has 190 valence electrons. The molecule has 5 heterocycles. The highest BCUT2D eigenvalue weighted by atomic mass is 16.1. The minimum absolute atomic E-state index is 0.105. The summed E-state index contributed by atoms with van der Waals surface area (Å²) in [6.07, 6.45) is 6.40. The van der Waals surface area contributed by atoms with E-state index in [1.807, 2.05) is 24.4 Å². The van der Waals surface area contributed by atoms with E-state index < -0.39 is 0 Å². The highest BCUT2D eigenvalue weighted by Gasteiger charge is 2.24. The molecular weight excluding hydrogens is 460 g/mol. The Bertz CT molecular complexity index is 1410. The third-order valence-electron chi connectivity index (χ3n) is 7.91. The van der Waals surface area contributed by atoms with Crippen molar-refractivity contribution < 1.29 is 4.79 Å². The van der Waals surface area contributed by atoms with Gasteiger partial charge in [0.15, 0.2) is 5.78 Å². The van der Waals surface area contributed by atoms with E-state index in [9.17, 15) is 4.79 Å². The smallest absolute Gasteiger partial charge is 0.159 e. The van der Waals surface area contributed by atoms with E-state index in [2.05, 4.69) is 68.1 Å². The zero-order valence-electron chi connectivity index (χ0n) is 21.7. The van der Waals surface area contributed by atoms with Crippen LogP contribution in [-0.4, -0.2) is 59.6 Å². The lowest BCUT2D eigenvalue weighted by atomic mass is 10.0. The van der Waals surface area contributed by atoms with Crippen LogP contribution in [0.25, 0.3) is 22.2 Å².